The van der Waals surface area contributed by atoms with Gasteiger partial charge in [0.25, 0.3) is 11.8 Å². The lowest BCUT2D eigenvalue weighted by Crippen LogP contribution is -2.31. The quantitative estimate of drug-likeness (QED) is 0.700. The summed E-state index contributed by atoms with van der Waals surface area (Å²) in [6.45, 7) is 1.65. The molecule has 5 heteroatoms. The molecule has 3 rings (SSSR count). The lowest BCUT2D eigenvalue weighted by molar-refractivity contribution is -0.122. The Morgan fingerprint density at radius 2 is 1.44 bits per heavy atom. The first-order valence-corrected chi connectivity index (χ1v) is 8.56. The van der Waals surface area contributed by atoms with Crippen LogP contribution in [0.25, 0.3) is 11.1 Å². The molecule has 0 saturated heterocycles. The van der Waals surface area contributed by atoms with Crippen molar-refractivity contribution in [3.05, 3.63) is 84.4 Å². The third kappa shape index (κ3) is 4.52. The van der Waals surface area contributed by atoms with Crippen LogP contribution in [0.1, 0.15) is 17.3 Å². The molecule has 0 heterocycles. The minimum Gasteiger partial charge on any atom is -0.481 e. The van der Waals surface area contributed by atoms with Gasteiger partial charge in [0.2, 0.25) is 0 Å². The third-order valence-corrected chi connectivity index (χ3v) is 4.09. The van der Waals surface area contributed by atoms with Gasteiger partial charge < -0.3 is 15.8 Å². The lowest BCUT2D eigenvalue weighted by Gasteiger charge is -2.16. The number of anilines is 1. The first kappa shape index (κ1) is 18.2. The molecule has 1 atom stereocenters. The summed E-state index contributed by atoms with van der Waals surface area (Å²) in [5, 5.41) is 2.68. The highest BCUT2D eigenvalue weighted by atomic mass is 16.5. The second-order valence-electron chi connectivity index (χ2n) is 6.05. The van der Waals surface area contributed by atoms with Crippen LogP contribution in [0.15, 0.2) is 78.9 Å². The fraction of sp³-hybridized carbons (Fsp3) is 0.0909. The standard InChI is InChI=1S/C22H20N2O3/c1-15(22(26)24-20-10-6-5-9-19(20)21(23)25)27-18-13-11-17(12-14-18)16-7-3-2-4-8-16/h2-15H,1H3,(H2,23,25)(H,24,26). The highest BCUT2D eigenvalue weighted by Gasteiger charge is 2.17. The average Bonchev–Trinajstić information content (AvgIpc) is 2.69. The Morgan fingerprint density at radius 3 is 2.11 bits per heavy atom. The van der Waals surface area contributed by atoms with Gasteiger partial charge in [-0.25, -0.2) is 0 Å². The van der Waals surface area contributed by atoms with Crippen molar-refractivity contribution in [2.45, 2.75) is 13.0 Å². The van der Waals surface area contributed by atoms with Crippen molar-refractivity contribution in [2.75, 3.05) is 5.32 Å². The molecule has 3 aromatic carbocycles. The van der Waals surface area contributed by atoms with E-state index in [4.69, 9.17) is 10.5 Å². The fourth-order valence-corrected chi connectivity index (χ4v) is 2.66. The number of primary amides is 1. The second kappa shape index (κ2) is 8.19. The van der Waals surface area contributed by atoms with Crippen molar-refractivity contribution in [1.29, 1.82) is 0 Å². The molecule has 3 aromatic rings. The largest absolute Gasteiger partial charge is 0.481 e. The molecule has 0 bridgehead atoms. The van der Waals surface area contributed by atoms with Crippen molar-refractivity contribution >= 4 is 17.5 Å². The SMILES string of the molecule is CC(Oc1ccc(-c2ccccc2)cc1)C(=O)Nc1ccccc1C(N)=O. The van der Waals surface area contributed by atoms with Crippen molar-refractivity contribution in [1.82, 2.24) is 0 Å². The molecule has 3 N–H and O–H groups in total. The van der Waals surface area contributed by atoms with Crippen molar-refractivity contribution in [3.8, 4) is 16.9 Å². The maximum absolute atomic E-state index is 12.4. The Labute approximate surface area is 157 Å². The first-order chi connectivity index (χ1) is 13.0. The zero-order chi connectivity index (χ0) is 19.2. The van der Waals surface area contributed by atoms with Crippen LogP contribution in [-0.2, 0) is 4.79 Å². The summed E-state index contributed by atoms with van der Waals surface area (Å²) >= 11 is 0. The van der Waals surface area contributed by atoms with Gasteiger partial charge in [-0.05, 0) is 42.3 Å². The fourth-order valence-electron chi connectivity index (χ4n) is 2.66. The number of rotatable bonds is 6. The van der Waals surface area contributed by atoms with Gasteiger partial charge in [0.1, 0.15) is 5.75 Å². The highest BCUT2D eigenvalue weighted by Crippen LogP contribution is 2.23. The van der Waals surface area contributed by atoms with Crippen LogP contribution in [0.5, 0.6) is 5.75 Å². The van der Waals surface area contributed by atoms with Crippen molar-refractivity contribution in [3.63, 3.8) is 0 Å². The number of benzene rings is 3. The number of amides is 2. The van der Waals surface area contributed by atoms with Gasteiger partial charge in [-0.2, -0.15) is 0 Å². The minimum absolute atomic E-state index is 0.255. The first-order valence-electron chi connectivity index (χ1n) is 8.56. The summed E-state index contributed by atoms with van der Waals surface area (Å²) in [5.41, 5.74) is 8.13. The van der Waals surface area contributed by atoms with Crippen LogP contribution in [0.4, 0.5) is 5.69 Å². The molecule has 0 radical (unpaired) electrons. The molecule has 0 spiro atoms. The maximum Gasteiger partial charge on any atom is 0.265 e. The van der Waals surface area contributed by atoms with E-state index in [1.165, 1.54) is 0 Å². The van der Waals surface area contributed by atoms with Gasteiger partial charge in [0.15, 0.2) is 6.10 Å². The van der Waals surface area contributed by atoms with Crippen LogP contribution in [0.2, 0.25) is 0 Å². The van der Waals surface area contributed by atoms with E-state index in [0.29, 0.717) is 11.4 Å². The molecule has 0 saturated carbocycles. The summed E-state index contributed by atoms with van der Waals surface area (Å²) in [6.07, 6.45) is -0.742. The Hall–Kier alpha value is -3.60. The molecule has 2 amide bonds. The van der Waals surface area contributed by atoms with Gasteiger partial charge in [-0.15, -0.1) is 0 Å². The van der Waals surface area contributed by atoms with Crippen molar-refractivity contribution < 1.29 is 14.3 Å². The van der Waals surface area contributed by atoms with E-state index in [1.807, 2.05) is 54.6 Å². The number of nitrogens with one attached hydrogen (secondary N) is 1. The summed E-state index contributed by atoms with van der Waals surface area (Å²) < 4.78 is 5.71. The summed E-state index contributed by atoms with van der Waals surface area (Å²) in [7, 11) is 0. The molecule has 136 valence electrons. The van der Waals surface area contributed by atoms with Gasteiger partial charge in [0.05, 0.1) is 11.3 Å². The average molecular weight is 360 g/mol. The Kier molecular flexibility index (Phi) is 5.52. The molecular weight excluding hydrogens is 340 g/mol. The topological polar surface area (TPSA) is 81.4 Å². The number of para-hydroxylation sites is 1. The predicted octanol–water partition coefficient (Wildman–Crippen LogP) is 3.86. The van der Waals surface area contributed by atoms with E-state index < -0.39 is 12.0 Å². The van der Waals surface area contributed by atoms with Gasteiger partial charge in [-0.3, -0.25) is 9.59 Å². The number of carbonyl (C=O) groups excluding carboxylic acids is 2. The maximum atomic E-state index is 12.4. The van der Waals surface area contributed by atoms with Gasteiger partial charge in [-0.1, -0.05) is 54.6 Å². The van der Waals surface area contributed by atoms with E-state index in [2.05, 4.69) is 5.32 Å². The lowest BCUT2D eigenvalue weighted by atomic mass is 10.1. The number of ether oxygens (including phenoxy) is 1. The number of hydrogen-bond donors (Lipinski definition) is 2. The van der Waals surface area contributed by atoms with Crippen molar-refractivity contribution in [2.24, 2.45) is 5.73 Å². The third-order valence-electron chi connectivity index (χ3n) is 4.09. The summed E-state index contributed by atoms with van der Waals surface area (Å²) in [4.78, 5) is 23.8. The zero-order valence-corrected chi connectivity index (χ0v) is 14.9. The van der Waals surface area contributed by atoms with E-state index in [0.717, 1.165) is 11.1 Å². The molecule has 5 nitrogen and oxygen atoms in total. The molecule has 27 heavy (non-hydrogen) atoms. The van der Waals surface area contributed by atoms with Gasteiger partial charge in [0, 0.05) is 0 Å². The molecule has 1 unspecified atom stereocenters. The molecule has 0 aromatic heterocycles. The molecule has 0 aliphatic carbocycles. The van der Waals surface area contributed by atoms with E-state index in [-0.39, 0.29) is 11.5 Å². The van der Waals surface area contributed by atoms with E-state index >= 15 is 0 Å². The second-order valence-corrected chi connectivity index (χ2v) is 6.05. The van der Waals surface area contributed by atoms with Crippen LogP contribution in [0.3, 0.4) is 0 Å². The smallest absolute Gasteiger partial charge is 0.265 e. The molecule has 0 fully saturated rings. The molecule has 0 aliphatic heterocycles. The van der Waals surface area contributed by atoms with E-state index in [9.17, 15) is 9.59 Å². The Balaban J connectivity index is 1.66. The predicted molar refractivity (Wildman–Crippen MR) is 106 cm³/mol. The highest BCUT2D eigenvalue weighted by molar-refractivity contribution is 6.03. The number of nitrogens with two attached hydrogens (primary N) is 1. The molecule has 0 aliphatic rings. The van der Waals surface area contributed by atoms with Crippen LogP contribution in [0, 0.1) is 0 Å². The zero-order valence-electron chi connectivity index (χ0n) is 14.9. The van der Waals surface area contributed by atoms with E-state index in [1.54, 1.807) is 31.2 Å². The van der Waals surface area contributed by atoms with Crippen LogP contribution >= 0.6 is 0 Å². The van der Waals surface area contributed by atoms with Crippen LogP contribution in [-0.4, -0.2) is 17.9 Å². The minimum atomic E-state index is -0.742. The summed E-state index contributed by atoms with van der Waals surface area (Å²) in [5.74, 6) is -0.382. The van der Waals surface area contributed by atoms with Crippen LogP contribution < -0.4 is 15.8 Å². The molecular formula is C22H20N2O3. The number of hydrogen-bond acceptors (Lipinski definition) is 3. The summed E-state index contributed by atoms with van der Waals surface area (Å²) in [6, 6.07) is 24.1. The van der Waals surface area contributed by atoms with Gasteiger partial charge >= 0.3 is 0 Å². The Bertz CT molecular complexity index is 937. The monoisotopic (exact) mass is 360 g/mol. The Morgan fingerprint density at radius 1 is 0.852 bits per heavy atom. The number of carbonyl (C=O) groups is 2. The normalized spacial score (nSPS) is 11.4.